The Hall–Kier alpha value is -3.38. The predicted octanol–water partition coefficient (Wildman–Crippen LogP) is 6.83. The first-order chi connectivity index (χ1) is 17.4. The third-order valence-corrected chi connectivity index (χ3v) is 6.71. The summed E-state index contributed by atoms with van der Waals surface area (Å²) in [6.07, 6.45) is 5.48. The van der Waals surface area contributed by atoms with Crippen LogP contribution in [-0.2, 0) is 6.42 Å². The number of benzene rings is 3. The third kappa shape index (κ3) is 5.71. The van der Waals surface area contributed by atoms with Gasteiger partial charge in [0.05, 0.1) is 6.04 Å². The number of allylic oxidation sites excluding steroid dienone is 1. The van der Waals surface area contributed by atoms with E-state index in [1.807, 2.05) is 67.6 Å². The van der Waals surface area contributed by atoms with E-state index in [1.54, 1.807) is 25.5 Å². The van der Waals surface area contributed by atoms with Gasteiger partial charge in [-0.2, -0.15) is 0 Å². The zero-order valence-corrected chi connectivity index (χ0v) is 21.6. The van der Waals surface area contributed by atoms with Gasteiger partial charge in [0, 0.05) is 63.8 Å². The molecule has 184 valence electrons. The number of rotatable bonds is 10. The smallest absolute Gasteiger partial charge is 0.186 e. The Morgan fingerprint density at radius 2 is 1.86 bits per heavy atom. The molecule has 36 heavy (non-hydrogen) atoms. The van der Waals surface area contributed by atoms with Crippen molar-refractivity contribution in [3.05, 3.63) is 111 Å². The van der Waals surface area contributed by atoms with Crippen molar-refractivity contribution in [2.45, 2.75) is 25.4 Å². The molecule has 5 nitrogen and oxygen atoms in total. The number of Topliss-reactive ketones (excluding diaryl/α,β-unsaturated/α-hetero) is 1. The van der Waals surface area contributed by atoms with Crippen molar-refractivity contribution in [2.75, 3.05) is 7.05 Å². The van der Waals surface area contributed by atoms with Gasteiger partial charge in [0.25, 0.3) is 0 Å². The van der Waals surface area contributed by atoms with Crippen LogP contribution in [0.2, 0.25) is 10.0 Å². The average molecular weight is 519 g/mol. The lowest BCUT2D eigenvalue weighted by Gasteiger charge is -2.23. The zero-order valence-electron chi connectivity index (χ0n) is 20.1. The fraction of sp³-hybridized carbons (Fsp3) is 0.172. The zero-order chi connectivity index (χ0) is 25.7. The summed E-state index contributed by atoms with van der Waals surface area (Å²) in [6.45, 7) is 2.04. The minimum atomic E-state index is -0.535. The van der Waals surface area contributed by atoms with Crippen molar-refractivity contribution in [2.24, 2.45) is 0 Å². The molecule has 4 rings (SSSR count). The number of hydrogen-bond donors (Lipinski definition) is 4. The largest absolute Gasteiger partial charge is 0.393 e. The first-order valence-electron chi connectivity index (χ1n) is 11.7. The molecule has 0 aliphatic carbocycles. The summed E-state index contributed by atoms with van der Waals surface area (Å²) < 4.78 is 0. The van der Waals surface area contributed by atoms with Crippen LogP contribution >= 0.6 is 23.2 Å². The van der Waals surface area contributed by atoms with Gasteiger partial charge in [0.2, 0.25) is 0 Å². The molecule has 0 unspecified atom stereocenters. The molecule has 0 radical (unpaired) electrons. The van der Waals surface area contributed by atoms with Crippen LogP contribution in [0.25, 0.3) is 16.5 Å². The van der Waals surface area contributed by atoms with E-state index in [4.69, 9.17) is 28.6 Å². The molecule has 0 bridgehead atoms. The summed E-state index contributed by atoms with van der Waals surface area (Å²) in [4.78, 5) is 17.2. The lowest BCUT2D eigenvalue weighted by Crippen LogP contribution is -2.36. The maximum absolute atomic E-state index is 13.9. The van der Waals surface area contributed by atoms with E-state index in [0.29, 0.717) is 22.0 Å². The maximum atomic E-state index is 13.9. The summed E-state index contributed by atoms with van der Waals surface area (Å²) in [5, 5.41) is 16.2. The monoisotopic (exact) mass is 518 g/mol. The average Bonchev–Trinajstić information content (AvgIpc) is 3.31. The van der Waals surface area contributed by atoms with E-state index in [9.17, 15) is 4.79 Å². The normalized spacial score (nSPS) is 13.4. The molecule has 3 aromatic carbocycles. The number of H-pyrrole nitrogens is 1. The Bertz CT molecular complexity index is 1410. The minimum absolute atomic E-state index is 0.0210. The molecule has 4 N–H and O–H groups in total. The highest BCUT2D eigenvalue weighted by Crippen LogP contribution is 2.28. The Kier molecular flexibility index (Phi) is 8.26. The number of aromatic amines is 1. The molecule has 2 atom stereocenters. The van der Waals surface area contributed by atoms with E-state index in [1.165, 1.54) is 6.21 Å². The van der Waals surface area contributed by atoms with Crippen LogP contribution in [0.4, 0.5) is 0 Å². The molecule has 0 spiro atoms. The lowest BCUT2D eigenvalue weighted by molar-refractivity contribution is 0.0938. The summed E-state index contributed by atoms with van der Waals surface area (Å²) in [7, 11) is 1.80. The van der Waals surface area contributed by atoms with Crippen molar-refractivity contribution < 1.29 is 4.79 Å². The lowest BCUT2D eigenvalue weighted by atomic mass is 9.95. The van der Waals surface area contributed by atoms with Gasteiger partial charge in [-0.3, -0.25) is 4.79 Å². The maximum Gasteiger partial charge on any atom is 0.186 e. The highest BCUT2D eigenvalue weighted by molar-refractivity contribution is 6.35. The molecule has 0 aliphatic rings. The fourth-order valence-electron chi connectivity index (χ4n) is 4.36. The highest BCUT2D eigenvalue weighted by Gasteiger charge is 2.26. The third-order valence-electron chi connectivity index (χ3n) is 6.12. The van der Waals surface area contributed by atoms with Gasteiger partial charge >= 0.3 is 0 Å². The van der Waals surface area contributed by atoms with Crippen LogP contribution < -0.4 is 10.6 Å². The van der Waals surface area contributed by atoms with Gasteiger partial charge in [-0.1, -0.05) is 71.7 Å². The highest BCUT2D eigenvalue weighted by atomic mass is 35.5. The molecule has 4 aromatic rings. The SMILES string of the molecule is CN/C=C(\C=N)c1ccc2c(C(=O)[C@@H](N[C@H](C)Cc3ccc(Cl)cc3Cl)c3ccccc3)c[nH]c2c1. The first kappa shape index (κ1) is 25.7. The molecule has 0 saturated heterocycles. The van der Waals surface area contributed by atoms with Gasteiger partial charge in [-0.25, -0.2) is 0 Å². The Morgan fingerprint density at radius 3 is 2.56 bits per heavy atom. The van der Waals surface area contributed by atoms with Crippen molar-refractivity contribution in [1.82, 2.24) is 15.6 Å². The Labute approximate surface area is 221 Å². The van der Waals surface area contributed by atoms with Crippen LogP contribution in [0.5, 0.6) is 0 Å². The summed E-state index contributed by atoms with van der Waals surface area (Å²) in [6, 6.07) is 20.5. The molecule has 0 saturated carbocycles. The number of hydrogen-bond acceptors (Lipinski definition) is 4. The summed E-state index contributed by atoms with van der Waals surface area (Å²) >= 11 is 12.4. The van der Waals surface area contributed by atoms with Crippen molar-refractivity contribution >= 4 is 51.7 Å². The minimum Gasteiger partial charge on any atom is -0.393 e. The molecule has 1 aromatic heterocycles. The number of nitrogens with one attached hydrogen (secondary N) is 4. The van der Waals surface area contributed by atoms with Crippen molar-refractivity contribution in [3.8, 4) is 0 Å². The number of ketones is 1. The second-order valence-corrected chi connectivity index (χ2v) is 9.55. The van der Waals surface area contributed by atoms with Crippen LogP contribution in [0, 0.1) is 5.41 Å². The Morgan fingerprint density at radius 1 is 1.08 bits per heavy atom. The standard InChI is InChI=1S/C29H28Cl2N4O/c1-18(12-21-8-10-23(30)14-26(21)31)35-28(19-6-4-3-5-7-19)29(36)25-17-34-27-13-20(9-11-24(25)27)22(15-32)16-33-2/h3-11,13-18,28,32-35H,12H2,1-2H3/b22-16+,32-15?/t18-,28+/m1/s1. The van der Waals surface area contributed by atoms with E-state index in [0.717, 1.165) is 33.2 Å². The molecule has 0 aliphatic heterocycles. The number of carbonyl (C=O) groups is 1. The van der Waals surface area contributed by atoms with Crippen LogP contribution in [0.15, 0.2) is 79.1 Å². The second-order valence-electron chi connectivity index (χ2n) is 8.71. The van der Waals surface area contributed by atoms with Gasteiger partial charge in [-0.15, -0.1) is 0 Å². The van der Waals surface area contributed by atoms with E-state index in [2.05, 4.69) is 15.6 Å². The van der Waals surface area contributed by atoms with Gasteiger partial charge in [0.1, 0.15) is 0 Å². The van der Waals surface area contributed by atoms with Crippen molar-refractivity contribution in [3.63, 3.8) is 0 Å². The number of aromatic nitrogens is 1. The van der Waals surface area contributed by atoms with Crippen LogP contribution in [0.1, 0.15) is 40.0 Å². The van der Waals surface area contributed by atoms with Crippen molar-refractivity contribution in [1.29, 1.82) is 5.41 Å². The molecular weight excluding hydrogens is 491 g/mol. The topological polar surface area (TPSA) is 80.8 Å². The number of halogens is 2. The quantitative estimate of drug-likeness (QED) is 0.137. The van der Waals surface area contributed by atoms with E-state index >= 15 is 0 Å². The molecule has 1 heterocycles. The van der Waals surface area contributed by atoms with Crippen LogP contribution in [0.3, 0.4) is 0 Å². The first-order valence-corrected chi connectivity index (χ1v) is 12.5. The van der Waals surface area contributed by atoms with Gasteiger partial charge < -0.3 is 21.0 Å². The van der Waals surface area contributed by atoms with E-state index < -0.39 is 6.04 Å². The Balaban J connectivity index is 1.64. The number of fused-ring (bicyclic) bond motifs is 1. The molecule has 0 fully saturated rings. The number of carbonyl (C=O) groups excluding carboxylic acids is 1. The molecule has 0 amide bonds. The molecule has 7 heteroatoms. The second kappa shape index (κ2) is 11.6. The summed E-state index contributed by atoms with van der Waals surface area (Å²) in [5.74, 6) is -0.0210. The van der Waals surface area contributed by atoms with Gasteiger partial charge in [-0.05, 0) is 48.2 Å². The fourth-order valence-corrected chi connectivity index (χ4v) is 4.84. The van der Waals surface area contributed by atoms with Crippen LogP contribution in [-0.4, -0.2) is 30.1 Å². The van der Waals surface area contributed by atoms with E-state index in [-0.39, 0.29) is 11.8 Å². The predicted molar refractivity (Wildman–Crippen MR) is 150 cm³/mol. The van der Waals surface area contributed by atoms with Gasteiger partial charge in [0.15, 0.2) is 5.78 Å². The molecular formula is C29H28Cl2N4O. The summed E-state index contributed by atoms with van der Waals surface area (Å²) in [5.41, 5.74) is 4.96.